The molecule has 4 heterocycles. The standard InChI is InChI=1S/C27H27N3O4S/c31-25(17-30-10-8-24-21(9-15-35-24)26(30)19-4-2-1-3-5-19)28-11-13-29(14-12-28)27(32)20-6-7-22-23(16-20)34-18-33-22/h1-7,9,15-16,26H,8,10-14,17-18H2. The Bertz CT molecular complexity index is 1240. The Kier molecular flexibility index (Phi) is 5.91. The average Bonchev–Trinajstić information content (AvgIpc) is 3.58. The number of hydrogen-bond acceptors (Lipinski definition) is 6. The second kappa shape index (κ2) is 9.36. The van der Waals surface area contributed by atoms with E-state index in [0.717, 1.165) is 13.0 Å². The molecule has 1 atom stereocenters. The highest BCUT2D eigenvalue weighted by Crippen LogP contribution is 2.37. The van der Waals surface area contributed by atoms with Crippen LogP contribution in [0.4, 0.5) is 0 Å². The molecule has 1 unspecified atom stereocenters. The molecule has 0 radical (unpaired) electrons. The predicted octanol–water partition coefficient (Wildman–Crippen LogP) is 3.41. The third-order valence-electron chi connectivity index (χ3n) is 7.06. The van der Waals surface area contributed by atoms with Crippen molar-refractivity contribution in [2.45, 2.75) is 12.5 Å². The molecular formula is C27H27N3O4S. The molecule has 35 heavy (non-hydrogen) atoms. The van der Waals surface area contributed by atoms with Crippen molar-refractivity contribution >= 4 is 23.2 Å². The quantitative estimate of drug-likeness (QED) is 0.562. The van der Waals surface area contributed by atoms with Crippen LogP contribution in [0.25, 0.3) is 0 Å². The molecule has 2 aromatic carbocycles. The summed E-state index contributed by atoms with van der Waals surface area (Å²) >= 11 is 1.81. The van der Waals surface area contributed by atoms with Crippen LogP contribution in [0.1, 0.15) is 32.4 Å². The lowest BCUT2D eigenvalue weighted by Crippen LogP contribution is -2.53. The fourth-order valence-electron chi connectivity index (χ4n) is 5.21. The van der Waals surface area contributed by atoms with Gasteiger partial charge < -0.3 is 19.3 Å². The molecule has 180 valence electrons. The lowest BCUT2D eigenvalue weighted by Gasteiger charge is -2.39. The van der Waals surface area contributed by atoms with Crippen LogP contribution in [-0.4, -0.2) is 72.6 Å². The van der Waals surface area contributed by atoms with E-state index in [2.05, 4.69) is 40.6 Å². The van der Waals surface area contributed by atoms with Crippen LogP contribution >= 0.6 is 11.3 Å². The van der Waals surface area contributed by atoms with Crippen molar-refractivity contribution in [3.63, 3.8) is 0 Å². The largest absolute Gasteiger partial charge is 0.454 e. The molecule has 2 amide bonds. The van der Waals surface area contributed by atoms with Crippen molar-refractivity contribution in [2.75, 3.05) is 46.1 Å². The highest BCUT2D eigenvalue weighted by atomic mass is 32.1. The third-order valence-corrected chi connectivity index (χ3v) is 8.05. The van der Waals surface area contributed by atoms with Crippen LogP contribution in [0, 0.1) is 0 Å². The van der Waals surface area contributed by atoms with Crippen molar-refractivity contribution in [2.24, 2.45) is 0 Å². The number of hydrogen-bond donors (Lipinski definition) is 0. The zero-order valence-electron chi connectivity index (χ0n) is 19.4. The van der Waals surface area contributed by atoms with E-state index in [0.29, 0.717) is 49.8 Å². The fourth-order valence-corrected chi connectivity index (χ4v) is 6.11. The molecular weight excluding hydrogens is 462 g/mol. The summed E-state index contributed by atoms with van der Waals surface area (Å²) in [5.74, 6) is 1.35. The zero-order chi connectivity index (χ0) is 23.8. The number of carbonyl (C=O) groups excluding carboxylic acids is 2. The summed E-state index contributed by atoms with van der Waals surface area (Å²) in [6.07, 6.45) is 0.974. The molecule has 8 heteroatoms. The van der Waals surface area contributed by atoms with Gasteiger partial charge in [0.25, 0.3) is 5.91 Å². The van der Waals surface area contributed by atoms with Gasteiger partial charge in [0, 0.05) is 43.2 Å². The number of nitrogens with zero attached hydrogens (tertiary/aromatic N) is 3. The van der Waals surface area contributed by atoms with E-state index in [-0.39, 0.29) is 24.6 Å². The highest BCUT2D eigenvalue weighted by Gasteiger charge is 2.33. The van der Waals surface area contributed by atoms with Gasteiger partial charge in [-0.3, -0.25) is 14.5 Å². The van der Waals surface area contributed by atoms with E-state index in [9.17, 15) is 9.59 Å². The number of fused-ring (bicyclic) bond motifs is 2. The lowest BCUT2D eigenvalue weighted by atomic mass is 9.93. The molecule has 0 bridgehead atoms. The second-order valence-electron chi connectivity index (χ2n) is 9.07. The second-order valence-corrected chi connectivity index (χ2v) is 10.1. The molecule has 0 saturated carbocycles. The zero-order valence-corrected chi connectivity index (χ0v) is 20.2. The number of piperazine rings is 1. The van der Waals surface area contributed by atoms with Crippen molar-refractivity contribution in [3.05, 3.63) is 81.5 Å². The topological polar surface area (TPSA) is 62.3 Å². The summed E-state index contributed by atoms with van der Waals surface area (Å²) in [5, 5.41) is 2.16. The van der Waals surface area contributed by atoms with E-state index in [1.54, 1.807) is 29.5 Å². The highest BCUT2D eigenvalue weighted by molar-refractivity contribution is 7.10. The normalized spacial score (nSPS) is 19.5. The van der Waals surface area contributed by atoms with Crippen LogP contribution in [0.2, 0.25) is 0 Å². The molecule has 6 rings (SSSR count). The summed E-state index contributed by atoms with van der Waals surface area (Å²) in [6.45, 7) is 3.56. The van der Waals surface area contributed by atoms with Gasteiger partial charge in [-0.05, 0) is 47.2 Å². The van der Waals surface area contributed by atoms with Crippen LogP contribution in [0.3, 0.4) is 0 Å². The lowest BCUT2D eigenvalue weighted by molar-refractivity contribution is -0.134. The van der Waals surface area contributed by atoms with Crippen LogP contribution in [0.15, 0.2) is 60.0 Å². The fraction of sp³-hybridized carbons (Fsp3) is 0.333. The van der Waals surface area contributed by atoms with Gasteiger partial charge in [-0.25, -0.2) is 0 Å². The number of rotatable bonds is 4. The predicted molar refractivity (Wildman–Crippen MR) is 133 cm³/mol. The van der Waals surface area contributed by atoms with Crippen molar-refractivity contribution in [1.29, 1.82) is 0 Å². The Hall–Kier alpha value is -3.36. The molecule has 0 spiro atoms. The van der Waals surface area contributed by atoms with E-state index in [1.807, 2.05) is 15.9 Å². The number of benzene rings is 2. The molecule has 3 aliphatic heterocycles. The molecule has 3 aromatic rings. The first-order chi connectivity index (χ1) is 17.2. The smallest absolute Gasteiger partial charge is 0.254 e. The van der Waals surface area contributed by atoms with E-state index < -0.39 is 0 Å². The van der Waals surface area contributed by atoms with E-state index in [4.69, 9.17) is 9.47 Å². The monoisotopic (exact) mass is 489 g/mol. The molecule has 1 fully saturated rings. The molecule has 0 aliphatic carbocycles. The van der Waals surface area contributed by atoms with Crippen molar-refractivity contribution < 1.29 is 19.1 Å². The maximum Gasteiger partial charge on any atom is 0.254 e. The number of carbonyl (C=O) groups is 2. The number of ether oxygens (including phenoxy) is 2. The van der Waals surface area contributed by atoms with Crippen LogP contribution in [0.5, 0.6) is 11.5 Å². The summed E-state index contributed by atoms with van der Waals surface area (Å²) in [5.41, 5.74) is 3.12. The summed E-state index contributed by atoms with van der Waals surface area (Å²) < 4.78 is 10.7. The van der Waals surface area contributed by atoms with Gasteiger partial charge in [0.1, 0.15) is 0 Å². The van der Waals surface area contributed by atoms with Gasteiger partial charge in [-0.15, -0.1) is 11.3 Å². The molecule has 1 saturated heterocycles. The van der Waals surface area contributed by atoms with Gasteiger partial charge in [0.05, 0.1) is 12.6 Å². The molecule has 1 aromatic heterocycles. The number of amides is 2. The van der Waals surface area contributed by atoms with Gasteiger partial charge in [0.2, 0.25) is 12.7 Å². The minimum absolute atomic E-state index is 0.0411. The molecule has 3 aliphatic rings. The molecule has 7 nitrogen and oxygen atoms in total. The average molecular weight is 490 g/mol. The van der Waals surface area contributed by atoms with Crippen molar-refractivity contribution in [3.8, 4) is 11.5 Å². The summed E-state index contributed by atoms with van der Waals surface area (Å²) in [7, 11) is 0. The van der Waals surface area contributed by atoms with Gasteiger partial charge >= 0.3 is 0 Å². The van der Waals surface area contributed by atoms with Crippen molar-refractivity contribution in [1.82, 2.24) is 14.7 Å². The van der Waals surface area contributed by atoms with Crippen LogP contribution in [-0.2, 0) is 11.2 Å². The Morgan fingerprint density at radius 3 is 2.49 bits per heavy atom. The SMILES string of the molecule is O=C(CN1CCc2sccc2C1c1ccccc1)N1CCN(C(=O)c2ccc3c(c2)OCO3)CC1. The Balaban J connectivity index is 1.10. The maximum atomic E-state index is 13.3. The third kappa shape index (κ3) is 4.28. The number of thiophene rings is 1. The molecule has 0 N–H and O–H groups in total. The Morgan fingerprint density at radius 2 is 1.66 bits per heavy atom. The minimum atomic E-state index is -0.0411. The van der Waals surface area contributed by atoms with E-state index >= 15 is 0 Å². The maximum absolute atomic E-state index is 13.3. The van der Waals surface area contributed by atoms with Gasteiger partial charge in [0.15, 0.2) is 11.5 Å². The van der Waals surface area contributed by atoms with Crippen LogP contribution < -0.4 is 9.47 Å². The summed E-state index contributed by atoms with van der Waals surface area (Å²) in [6, 6.07) is 18.0. The Morgan fingerprint density at radius 1 is 0.886 bits per heavy atom. The Labute approximate surface area is 208 Å². The van der Waals surface area contributed by atoms with Gasteiger partial charge in [-0.1, -0.05) is 30.3 Å². The minimum Gasteiger partial charge on any atom is -0.454 e. The van der Waals surface area contributed by atoms with Gasteiger partial charge in [-0.2, -0.15) is 0 Å². The first-order valence-electron chi connectivity index (χ1n) is 12.0. The first-order valence-corrected chi connectivity index (χ1v) is 12.9. The first kappa shape index (κ1) is 22.1. The summed E-state index contributed by atoms with van der Waals surface area (Å²) in [4.78, 5) is 33.8. The van der Waals surface area contributed by atoms with E-state index in [1.165, 1.54) is 16.0 Å².